The van der Waals surface area contributed by atoms with Gasteiger partial charge in [0.05, 0.1) is 10.6 Å². The number of nitriles is 1. The number of hydrogen-bond acceptors (Lipinski definition) is 2. The van der Waals surface area contributed by atoms with Crippen molar-refractivity contribution in [1.29, 1.82) is 5.26 Å². The molecule has 2 N–H and O–H groups in total. The Balaban J connectivity index is 3.32. The Morgan fingerprint density at radius 2 is 2.25 bits per heavy atom. The molecular formula is C8H6ClIN2. The Bertz CT molecular complexity index is 344. The minimum Gasteiger partial charge on any atom is -0.326 e. The maximum absolute atomic E-state index is 8.66. The Morgan fingerprint density at radius 1 is 1.58 bits per heavy atom. The van der Waals surface area contributed by atoms with Gasteiger partial charge in [-0.25, -0.2) is 0 Å². The molecule has 0 aliphatic heterocycles. The van der Waals surface area contributed by atoms with Crippen LogP contribution in [-0.4, -0.2) is 0 Å². The van der Waals surface area contributed by atoms with Crippen LogP contribution < -0.4 is 5.73 Å². The molecule has 0 fully saturated rings. The molecule has 4 heteroatoms. The highest BCUT2D eigenvalue weighted by molar-refractivity contribution is 14.1. The Morgan fingerprint density at radius 3 is 2.75 bits per heavy atom. The molecule has 0 bridgehead atoms. The van der Waals surface area contributed by atoms with Crippen molar-refractivity contribution in [1.82, 2.24) is 0 Å². The highest BCUT2D eigenvalue weighted by atomic mass is 127. The lowest BCUT2D eigenvalue weighted by molar-refractivity contribution is 1.07. The van der Waals surface area contributed by atoms with Gasteiger partial charge in [0.2, 0.25) is 0 Å². The molecule has 0 radical (unpaired) electrons. The lowest BCUT2D eigenvalue weighted by atomic mass is 10.1. The second-order valence-corrected chi connectivity index (χ2v) is 3.67. The van der Waals surface area contributed by atoms with E-state index >= 15 is 0 Å². The van der Waals surface area contributed by atoms with Crippen LogP contribution in [0.4, 0.5) is 0 Å². The standard InChI is InChI=1S/C8H6ClIN2/c9-7-5(3-11)1-2-6(4-12)8(7)10/h1-2H,3,11H2. The fourth-order valence-electron chi connectivity index (χ4n) is 0.833. The predicted octanol–water partition coefficient (Wildman–Crippen LogP) is 2.27. The van der Waals surface area contributed by atoms with Crippen LogP contribution in [0.5, 0.6) is 0 Å². The number of nitrogens with two attached hydrogens (primary N) is 1. The molecule has 0 spiro atoms. The minimum absolute atomic E-state index is 0.403. The molecule has 0 saturated heterocycles. The quantitative estimate of drug-likeness (QED) is 0.807. The van der Waals surface area contributed by atoms with Gasteiger partial charge in [0.15, 0.2) is 0 Å². The topological polar surface area (TPSA) is 49.8 Å². The van der Waals surface area contributed by atoms with Crippen molar-refractivity contribution in [3.63, 3.8) is 0 Å². The lowest BCUT2D eigenvalue weighted by Gasteiger charge is -2.03. The summed E-state index contributed by atoms with van der Waals surface area (Å²) in [6.45, 7) is 0.403. The molecule has 0 atom stereocenters. The van der Waals surface area contributed by atoms with Gasteiger partial charge in [-0.15, -0.1) is 0 Å². The Hall–Kier alpha value is -0.310. The molecule has 0 aliphatic carbocycles. The van der Waals surface area contributed by atoms with Crippen LogP contribution in [0.25, 0.3) is 0 Å². The van der Waals surface area contributed by atoms with Gasteiger partial charge in [-0.1, -0.05) is 17.7 Å². The van der Waals surface area contributed by atoms with Gasteiger partial charge in [-0.3, -0.25) is 0 Å². The van der Waals surface area contributed by atoms with E-state index in [1.807, 2.05) is 22.6 Å². The van der Waals surface area contributed by atoms with E-state index in [2.05, 4.69) is 6.07 Å². The molecule has 1 aromatic carbocycles. The average molecular weight is 293 g/mol. The molecule has 0 aromatic heterocycles. The van der Waals surface area contributed by atoms with E-state index in [0.29, 0.717) is 17.1 Å². The van der Waals surface area contributed by atoms with E-state index < -0.39 is 0 Å². The van der Waals surface area contributed by atoms with Gasteiger partial charge >= 0.3 is 0 Å². The summed E-state index contributed by atoms with van der Waals surface area (Å²) in [5.41, 5.74) is 6.91. The van der Waals surface area contributed by atoms with Crippen LogP contribution >= 0.6 is 34.2 Å². The summed E-state index contributed by atoms with van der Waals surface area (Å²) in [5.74, 6) is 0. The van der Waals surface area contributed by atoms with Gasteiger partial charge in [0.25, 0.3) is 0 Å². The fourth-order valence-corrected chi connectivity index (χ4v) is 1.72. The van der Waals surface area contributed by atoms with Crippen LogP contribution in [0.2, 0.25) is 5.02 Å². The highest BCUT2D eigenvalue weighted by Crippen LogP contribution is 2.25. The van der Waals surface area contributed by atoms with Gasteiger partial charge in [0, 0.05) is 10.1 Å². The molecule has 62 valence electrons. The molecule has 0 aliphatic rings. The van der Waals surface area contributed by atoms with E-state index in [1.54, 1.807) is 12.1 Å². The zero-order valence-corrected chi connectivity index (χ0v) is 9.06. The van der Waals surface area contributed by atoms with Crippen molar-refractivity contribution in [2.45, 2.75) is 6.54 Å². The van der Waals surface area contributed by atoms with Gasteiger partial charge in [-0.05, 0) is 34.2 Å². The summed E-state index contributed by atoms with van der Waals surface area (Å²) in [5, 5.41) is 9.26. The van der Waals surface area contributed by atoms with Crippen molar-refractivity contribution < 1.29 is 0 Å². The SMILES string of the molecule is N#Cc1ccc(CN)c(Cl)c1I. The van der Waals surface area contributed by atoms with Crippen LogP contribution in [0.15, 0.2) is 12.1 Å². The summed E-state index contributed by atoms with van der Waals surface area (Å²) >= 11 is 7.98. The third-order valence-electron chi connectivity index (χ3n) is 1.50. The molecule has 2 nitrogen and oxygen atoms in total. The second kappa shape index (κ2) is 4.08. The van der Waals surface area contributed by atoms with Gasteiger partial charge in [0.1, 0.15) is 6.07 Å². The van der Waals surface area contributed by atoms with Crippen LogP contribution in [-0.2, 0) is 6.54 Å². The van der Waals surface area contributed by atoms with Crippen LogP contribution in [0, 0.1) is 14.9 Å². The smallest absolute Gasteiger partial charge is 0.100 e. The summed E-state index contributed by atoms with van der Waals surface area (Å²) in [6, 6.07) is 5.57. The number of hydrogen-bond donors (Lipinski definition) is 1. The summed E-state index contributed by atoms with van der Waals surface area (Å²) < 4.78 is 0.778. The number of nitrogens with zero attached hydrogens (tertiary/aromatic N) is 1. The number of rotatable bonds is 1. The first-order chi connectivity index (χ1) is 5.70. The van der Waals surface area contributed by atoms with Crippen LogP contribution in [0.3, 0.4) is 0 Å². The van der Waals surface area contributed by atoms with E-state index in [9.17, 15) is 0 Å². The molecule has 12 heavy (non-hydrogen) atoms. The monoisotopic (exact) mass is 292 g/mol. The molecule has 0 amide bonds. The summed E-state index contributed by atoms with van der Waals surface area (Å²) in [4.78, 5) is 0. The number of halogens is 2. The fraction of sp³-hybridized carbons (Fsp3) is 0.125. The number of benzene rings is 1. The van der Waals surface area contributed by atoms with Gasteiger partial charge in [-0.2, -0.15) is 5.26 Å². The van der Waals surface area contributed by atoms with E-state index in [1.165, 1.54) is 0 Å². The first-order valence-corrected chi connectivity index (χ1v) is 4.73. The summed E-state index contributed by atoms with van der Waals surface area (Å²) in [7, 11) is 0. The normalized spacial score (nSPS) is 9.50. The summed E-state index contributed by atoms with van der Waals surface area (Å²) in [6.07, 6.45) is 0. The molecule has 1 rings (SSSR count). The largest absolute Gasteiger partial charge is 0.326 e. The van der Waals surface area contributed by atoms with Crippen molar-refractivity contribution in [2.24, 2.45) is 5.73 Å². The molecular weight excluding hydrogens is 286 g/mol. The van der Waals surface area contributed by atoms with E-state index in [4.69, 9.17) is 22.6 Å². The van der Waals surface area contributed by atoms with E-state index in [0.717, 1.165) is 9.13 Å². The predicted molar refractivity (Wildman–Crippen MR) is 56.8 cm³/mol. The van der Waals surface area contributed by atoms with Crippen molar-refractivity contribution in [3.8, 4) is 6.07 Å². The van der Waals surface area contributed by atoms with Crippen LogP contribution in [0.1, 0.15) is 11.1 Å². The lowest BCUT2D eigenvalue weighted by Crippen LogP contribution is -1.99. The molecule has 0 saturated carbocycles. The minimum atomic E-state index is 0.403. The Kier molecular flexibility index (Phi) is 3.32. The third-order valence-corrected chi connectivity index (χ3v) is 3.37. The average Bonchev–Trinajstić information content (AvgIpc) is 2.10. The van der Waals surface area contributed by atoms with E-state index in [-0.39, 0.29) is 0 Å². The molecule has 0 heterocycles. The maximum atomic E-state index is 8.66. The second-order valence-electron chi connectivity index (χ2n) is 2.22. The first kappa shape index (κ1) is 9.78. The zero-order valence-electron chi connectivity index (χ0n) is 6.14. The highest BCUT2D eigenvalue weighted by Gasteiger charge is 2.07. The zero-order chi connectivity index (χ0) is 9.14. The Labute approximate surface area is 89.5 Å². The maximum Gasteiger partial charge on any atom is 0.100 e. The van der Waals surface area contributed by atoms with Gasteiger partial charge < -0.3 is 5.73 Å². The molecule has 0 unspecified atom stereocenters. The third kappa shape index (κ3) is 1.71. The molecule has 1 aromatic rings. The van der Waals surface area contributed by atoms with Crippen molar-refractivity contribution in [3.05, 3.63) is 31.9 Å². The first-order valence-electron chi connectivity index (χ1n) is 3.27. The van der Waals surface area contributed by atoms with Crippen molar-refractivity contribution >= 4 is 34.2 Å². The van der Waals surface area contributed by atoms with Crippen molar-refractivity contribution in [2.75, 3.05) is 0 Å².